The lowest BCUT2D eigenvalue weighted by Crippen LogP contribution is -1.95. The molecule has 2 N–H and O–H groups in total. The minimum absolute atomic E-state index is 0.577. The van der Waals surface area contributed by atoms with Crippen molar-refractivity contribution in [2.24, 2.45) is 0 Å². The lowest BCUT2D eigenvalue weighted by atomic mass is 10.1. The van der Waals surface area contributed by atoms with Gasteiger partial charge in [-0.25, -0.2) is 0 Å². The van der Waals surface area contributed by atoms with E-state index in [2.05, 4.69) is 15.2 Å². The standard InChI is InChI=1S/C9H11N3O/c1-5-7-3-4-10-8(6(2)13)9(7)12-11-5/h3-4,6,13H,1-2H3,(H,11,12). The van der Waals surface area contributed by atoms with Crippen molar-refractivity contribution < 1.29 is 5.11 Å². The second-order valence-corrected chi connectivity index (χ2v) is 3.12. The summed E-state index contributed by atoms with van der Waals surface area (Å²) < 4.78 is 0. The van der Waals surface area contributed by atoms with Crippen molar-refractivity contribution in [3.05, 3.63) is 23.7 Å². The van der Waals surface area contributed by atoms with E-state index in [-0.39, 0.29) is 0 Å². The molecule has 0 amide bonds. The number of aromatic amines is 1. The zero-order valence-electron chi connectivity index (χ0n) is 7.57. The van der Waals surface area contributed by atoms with Crippen LogP contribution in [0.15, 0.2) is 12.3 Å². The van der Waals surface area contributed by atoms with Gasteiger partial charge in [-0.3, -0.25) is 10.1 Å². The topological polar surface area (TPSA) is 61.8 Å². The molecule has 0 aliphatic carbocycles. The van der Waals surface area contributed by atoms with Gasteiger partial charge in [0.25, 0.3) is 0 Å². The zero-order valence-corrected chi connectivity index (χ0v) is 7.57. The van der Waals surface area contributed by atoms with Gasteiger partial charge in [-0.2, -0.15) is 5.10 Å². The number of hydrogen-bond donors (Lipinski definition) is 2. The predicted molar refractivity (Wildman–Crippen MR) is 49.3 cm³/mol. The second-order valence-electron chi connectivity index (χ2n) is 3.12. The largest absolute Gasteiger partial charge is 0.387 e. The fourth-order valence-corrected chi connectivity index (χ4v) is 1.40. The molecule has 0 saturated heterocycles. The summed E-state index contributed by atoms with van der Waals surface area (Å²) in [5.74, 6) is 0. The molecule has 2 rings (SSSR count). The molecule has 0 aliphatic rings. The van der Waals surface area contributed by atoms with E-state index in [1.54, 1.807) is 13.1 Å². The molecule has 1 unspecified atom stereocenters. The van der Waals surface area contributed by atoms with Crippen LogP contribution in [0.25, 0.3) is 10.9 Å². The molecule has 4 heteroatoms. The highest BCUT2D eigenvalue weighted by Gasteiger charge is 2.11. The van der Waals surface area contributed by atoms with Crippen LogP contribution in [-0.2, 0) is 0 Å². The summed E-state index contributed by atoms with van der Waals surface area (Å²) in [7, 11) is 0. The Kier molecular flexibility index (Phi) is 1.77. The van der Waals surface area contributed by atoms with Crippen molar-refractivity contribution in [1.82, 2.24) is 15.2 Å². The van der Waals surface area contributed by atoms with Gasteiger partial charge in [0.15, 0.2) is 0 Å². The maximum absolute atomic E-state index is 9.41. The molecule has 0 radical (unpaired) electrons. The van der Waals surface area contributed by atoms with Crippen molar-refractivity contribution in [2.75, 3.05) is 0 Å². The molecule has 13 heavy (non-hydrogen) atoms. The van der Waals surface area contributed by atoms with Gasteiger partial charge in [0.2, 0.25) is 0 Å². The summed E-state index contributed by atoms with van der Waals surface area (Å²) in [6, 6.07) is 1.89. The fraction of sp³-hybridized carbons (Fsp3) is 0.333. The Morgan fingerprint density at radius 3 is 3.00 bits per heavy atom. The third-order valence-electron chi connectivity index (χ3n) is 2.09. The van der Waals surface area contributed by atoms with Gasteiger partial charge in [0.1, 0.15) is 5.52 Å². The molecule has 0 bridgehead atoms. The highest BCUT2D eigenvalue weighted by molar-refractivity contribution is 5.82. The molecule has 1 atom stereocenters. The van der Waals surface area contributed by atoms with Gasteiger partial charge in [-0.1, -0.05) is 0 Å². The number of nitrogens with zero attached hydrogens (tertiary/aromatic N) is 2. The van der Waals surface area contributed by atoms with E-state index in [0.717, 1.165) is 16.6 Å². The third kappa shape index (κ3) is 1.19. The number of fused-ring (bicyclic) bond motifs is 1. The van der Waals surface area contributed by atoms with Crippen molar-refractivity contribution in [3.8, 4) is 0 Å². The van der Waals surface area contributed by atoms with Crippen LogP contribution < -0.4 is 0 Å². The molecule has 0 fully saturated rings. The molecule has 2 heterocycles. The van der Waals surface area contributed by atoms with Crippen LogP contribution in [0.1, 0.15) is 24.4 Å². The van der Waals surface area contributed by atoms with Gasteiger partial charge in [0.05, 0.1) is 11.8 Å². The summed E-state index contributed by atoms with van der Waals surface area (Å²) in [5, 5.41) is 17.4. The van der Waals surface area contributed by atoms with Crippen LogP contribution in [0.2, 0.25) is 0 Å². The average molecular weight is 177 g/mol. The van der Waals surface area contributed by atoms with E-state index in [9.17, 15) is 5.11 Å². The molecule has 0 saturated carbocycles. The van der Waals surface area contributed by atoms with E-state index in [1.807, 2.05) is 13.0 Å². The summed E-state index contributed by atoms with van der Waals surface area (Å²) in [5.41, 5.74) is 2.39. The number of aryl methyl sites for hydroxylation is 1. The van der Waals surface area contributed by atoms with Gasteiger partial charge >= 0.3 is 0 Å². The number of aliphatic hydroxyl groups is 1. The second kappa shape index (κ2) is 2.81. The van der Waals surface area contributed by atoms with E-state index in [1.165, 1.54) is 0 Å². The Morgan fingerprint density at radius 1 is 1.54 bits per heavy atom. The minimum Gasteiger partial charge on any atom is -0.387 e. The van der Waals surface area contributed by atoms with Crippen molar-refractivity contribution in [3.63, 3.8) is 0 Å². The minimum atomic E-state index is -0.577. The van der Waals surface area contributed by atoms with Crippen LogP contribution in [0.5, 0.6) is 0 Å². The normalized spacial score (nSPS) is 13.5. The number of H-pyrrole nitrogens is 1. The number of pyridine rings is 1. The first kappa shape index (κ1) is 8.19. The molecule has 0 aromatic carbocycles. The van der Waals surface area contributed by atoms with E-state index in [4.69, 9.17) is 0 Å². The van der Waals surface area contributed by atoms with Gasteiger partial charge in [-0.05, 0) is 19.9 Å². The van der Waals surface area contributed by atoms with Crippen LogP contribution in [0, 0.1) is 6.92 Å². The summed E-state index contributed by atoms with van der Waals surface area (Å²) in [4.78, 5) is 4.09. The molecule has 2 aromatic rings. The maximum atomic E-state index is 9.41. The molecule has 0 aliphatic heterocycles. The Hall–Kier alpha value is -1.42. The molecular weight excluding hydrogens is 166 g/mol. The average Bonchev–Trinajstić information content (AvgIpc) is 2.48. The number of nitrogens with one attached hydrogen (secondary N) is 1. The summed E-state index contributed by atoms with van der Waals surface area (Å²) >= 11 is 0. The Labute approximate surface area is 75.6 Å². The Balaban J connectivity index is 2.77. The lowest BCUT2D eigenvalue weighted by molar-refractivity contribution is 0.196. The van der Waals surface area contributed by atoms with Crippen LogP contribution in [0.3, 0.4) is 0 Å². The SMILES string of the molecule is Cc1[nH]nc2c(C(C)O)nccc12. The Morgan fingerprint density at radius 2 is 2.31 bits per heavy atom. The van der Waals surface area contributed by atoms with Crippen molar-refractivity contribution >= 4 is 10.9 Å². The third-order valence-corrected chi connectivity index (χ3v) is 2.09. The van der Waals surface area contributed by atoms with Gasteiger partial charge in [-0.15, -0.1) is 0 Å². The number of hydrogen-bond acceptors (Lipinski definition) is 3. The monoisotopic (exact) mass is 177 g/mol. The summed E-state index contributed by atoms with van der Waals surface area (Å²) in [6.07, 6.45) is 1.11. The first-order valence-corrected chi connectivity index (χ1v) is 4.18. The van der Waals surface area contributed by atoms with E-state index < -0.39 is 6.10 Å². The van der Waals surface area contributed by atoms with Crippen LogP contribution >= 0.6 is 0 Å². The lowest BCUT2D eigenvalue weighted by Gasteiger charge is -2.02. The predicted octanol–water partition coefficient (Wildman–Crippen LogP) is 1.32. The van der Waals surface area contributed by atoms with E-state index in [0.29, 0.717) is 5.69 Å². The van der Waals surface area contributed by atoms with E-state index >= 15 is 0 Å². The van der Waals surface area contributed by atoms with Crippen molar-refractivity contribution in [1.29, 1.82) is 0 Å². The number of aliphatic hydroxyl groups excluding tert-OH is 1. The first-order valence-electron chi connectivity index (χ1n) is 4.18. The van der Waals surface area contributed by atoms with Crippen molar-refractivity contribution in [2.45, 2.75) is 20.0 Å². The highest BCUT2D eigenvalue weighted by Crippen LogP contribution is 2.21. The quantitative estimate of drug-likeness (QED) is 0.690. The number of aromatic nitrogens is 3. The summed E-state index contributed by atoms with van der Waals surface area (Å²) in [6.45, 7) is 3.63. The van der Waals surface area contributed by atoms with Gasteiger partial charge in [0, 0.05) is 17.3 Å². The fourth-order valence-electron chi connectivity index (χ4n) is 1.40. The Bertz CT molecular complexity index is 433. The maximum Gasteiger partial charge on any atom is 0.116 e. The van der Waals surface area contributed by atoms with Crippen LogP contribution in [-0.4, -0.2) is 20.3 Å². The molecular formula is C9H11N3O. The van der Waals surface area contributed by atoms with Crippen LogP contribution in [0.4, 0.5) is 0 Å². The first-order chi connectivity index (χ1) is 6.20. The smallest absolute Gasteiger partial charge is 0.116 e. The molecule has 0 spiro atoms. The molecule has 4 nitrogen and oxygen atoms in total. The molecule has 2 aromatic heterocycles. The molecule has 68 valence electrons. The number of rotatable bonds is 1. The van der Waals surface area contributed by atoms with Gasteiger partial charge < -0.3 is 5.11 Å². The highest BCUT2D eigenvalue weighted by atomic mass is 16.3. The zero-order chi connectivity index (χ0) is 9.42.